The lowest BCUT2D eigenvalue weighted by atomic mass is 9.61. The molecule has 1 aliphatic heterocycles. The number of aryl methyl sites for hydroxylation is 1. The van der Waals surface area contributed by atoms with Crippen molar-refractivity contribution in [3.05, 3.63) is 82.7 Å². The Balaban J connectivity index is 1.15. The van der Waals surface area contributed by atoms with Crippen LogP contribution < -0.4 is 9.47 Å². The molecule has 2 N–H and O–H groups in total. The quantitative estimate of drug-likeness (QED) is 0.233. The number of carbonyl (C=O) groups is 1. The number of carboxylic acids is 1. The summed E-state index contributed by atoms with van der Waals surface area (Å²) < 4.78 is 19.0. The van der Waals surface area contributed by atoms with Gasteiger partial charge in [-0.3, -0.25) is 4.79 Å². The molecule has 0 amide bonds. The number of aliphatic hydroxyl groups is 1. The van der Waals surface area contributed by atoms with Gasteiger partial charge in [0, 0.05) is 33.9 Å². The van der Waals surface area contributed by atoms with Crippen LogP contribution in [-0.4, -0.2) is 41.6 Å². The maximum Gasteiger partial charge on any atom is 0.304 e. The second kappa shape index (κ2) is 11.2. The zero-order valence-electron chi connectivity index (χ0n) is 22.6. The number of rotatable bonds is 9. The van der Waals surface area contributed by atoms with E-state index in [0.29, 0.717) is 19.4 Å². The molecule has 1 saturated heterocycles. The fourth-order valence-corrected chi connectivity index (χ4v) is 7.00. The Hall–Kier alpha value is -3.39. The van der Waals surface area contributed by atoms with Crippen LogP contribution in [0.15, 0.2) is 66.0 Å². The molecular formula is C33H34O6S. The van der Waals surface area contributed by atoms with Gasteiger partial charge < -0.3 is 24.4 Å². The molecule has 0 bridgehead atoms. The van der Waals surface area contributed by atoms with Crippen LogP contribution in [0, 0.1) is 6.92 Å². The molecule has 6 rings (SSSR count). The summed E-state index contributed by atoms with van der Waals surface area (Å²) in [4.78, 5) is 11.4. The van der Waals surface area contributed by atoms with Crippen LogP contribution in [0.1, 0.15) is 48.8 Å². The van der Waals surface area contributed by atoms with Crippen LogP contribution in [0.5, 0.6) is 11.5 Å². The molecule has 4 aromatic rings. The monoisotopic (exact) mass is 558 g/mol. The smallest absolute Gasteiger partial charge is 0.304 e. The van der Waals surface area contributed by atoms with E-state index in [9.17, 15) is 15.0 Å². The first-order valence-corrected chi connectivity index (χ1v) is 14.8. The standard InChI is InChI=1S/C33H34O6S/c1-21-14-27(39-26-10-12-37-13-11-26)7-8-28(21)30-20-40-31-9-2-22(15-29(30)31)19-38-25-5-3-23(4-6-25)33(18-32(35)36)16-24(34)17-33/h2-9,14-15,20,24,26,34H,10-13,16-19H2,1H3,(H,35,36)/t24-,33-. The Bertz CT molecular complexity index is 1500. The number of benzene rings is 3. The van der Waals surface area contributed by atoms with Gasteiger partial charge in [0.05, 0.1) is 25.7 Å². The minimum Gasteiger partial charge on any atom is -0.490 e. The van der Waals surface area contributed by atoms with E-state index in [1.807, 2.05) is 24.3 Å². The van der Waals surface area contributed by atoms with Crippen molar-refractivity contribution in [1.82, 2.24) is 0 Å². The molecule has 6 nitrogen and oxygen atoms in total. The van der Waals surface area contributed by atoms with E-state index in [-0.39, 0.29) is 12.5 Å². The fourth-order valence-electron chi connectivity index (χ4n) is 6.06. The zero-order valence-corrected chi connectivity index (χ0v) is 23.4. The van der Waals surface area contributed by atoms with Gasteiger partial charge in [-0.2, -0.15) is 0 Å². The minimum absolute atomic E-state index is 0.0262. The van der Waals surface area contributed by atoms with Crippen molar-refractivity contribution in [2.75, 3.05) is 13.2 Å². The van der Waals surface area contributed by atoms with Crippen molar-refractivity contribution in [2.45, 2.75) is 63.3 Å². The summed E-state index contributed by atoms with van der Waals surface area (Å²) in [6.07, 6.45) is 2.64. The van der Waals surface area contributed by atoms with Gasteiger partial charge in [-0.25, -0.2) is 0 Å². The number of hydrogen-bond acceptors (Lipinski definition) is 6. The van der Waals surface area contributed by atoms with Crippen molar-refractivity contribution in [1.29, 1.82) is 0 Å². The summed E-state index contributed by atoms with van der Waals surface area (Å²) in [6.45, 7) is 4.09. The van der Waals surface area contributed by atoms with E-state index in [1.165, 1.54) is 26.8 Å². The molecule has 0 radical (unpaired) electrons. The van der Waals surface area contributed by atoms with Gasteiger partial charge in [-0.15, -0.1) is 11.3 Å². The summed E-state index contributed by atoms with van der Waals surface area (Å²) in [5.41, 5.74) is 5.14. The Morgan fingerprint density at radius 3 is 2.45 bits per heavy atom. The molecule has 0 atom stereocenters. The van der Waals surface area contributed by atoms with Gasteiger partial charge in [-0.1, -0.05) is 24.3 Å². The Kier molecular flexibility index (Phi) is 7.53. The van der Waals surface area contributed by atoms with Gasteiger partial charge in [0.25, 0.3) is 0 Å². The molecule has 2 fully saturated rings. The molecule has 0 unspecified atom stereocenters. The SMILES string of the molecule is Cc1cc(OC2CCOCC2)ccc1-c1csc2ccc(COc3ccc([C@]4(CC(=O)O)C[C@@H](O)C4)cc3)cc12. The summed E-state index contributed by atoms with van der Waals surface area (Å²) in [6, 6.07) is 20.5. The third-order valence-corrected chi connectivity index (χ3v) is 9.18. The number of ether oxygens (including phenoxy) is 3. The molecule has 1 saturated carbocycles. The summed E-state index contributed by atoms with van der Waals surface area (Å²) in [7, 11) is 0. The Labute approximate surface area is 238 Å². The maximum absolute atomic E-state index is 11.4. The number of carboxylic acid groups (broad SMARTS) is 1. The number of thiophene rings is 1. The number of hydrogen-bond donors (Lipinski definition) is 2. The first-order valence-electron chi connectivity index (χ1n) is 13.9. The lowest BCUT2D eigenvalue weighted by Crippen LogP contribution is -2.46. The lowest BCUT2D eigenvalue weighted by Gasteiger charge is -2.45. The molecule has 1 aromatic heterocycles. The predicted octanol–water partition coefficient (Wildman–Crippen LogP) is 6.88. The van der Waals surface area contributed by atoms with E-state index in [2.05, 4.69) is 48.7 Å². The van der Waals surface area contributed by atoms with Crippen LogP contribution in [0.4, 0.5) is 0 Å². The molecular weight excluding hydrogens is 524 g/mol. The molecule has 2 aliphatic rings. The predicted molar refractivity (Wildman–Crippen MR) is 156 cm³/mol. The van der Waals surface area contributed by atoms with Crippen LogP contribution >= 0.6 is 11.3 Å². The van der Waals surface area contributed by atoms with Gasteiger partial charge in [0.2, 0.25) is 0 Å². The number of fused-ring (bicyclic) bond motifs is 1. The average molecular weight is 559 g/mol. The summed E-state index contributed by atoms with van der Waals surface area (Å²) >= 11 is 1.74. The van der Waals surface area contributed by atoms with E-state index < -0.39 is 17.5 Å². The summed E-state index contributed by atoms with van der Waals surface area (Å²) in [5, 5.41) is 22.6. The highest BCUT2D eigenvalue weighted by molar-refractivity contribution is 7.17. The van der Waals surface area contributed by atoms with Crippen molar-refractivity contribution in [2.24, 2.45) is 0 Å². The highest BCUT2D eigenvalue weighted by Crippen LogP contribution is 2.47. The van der Waals surface area contributed by atoms with Crippen LogP contribution in [0.3, 0.4) is 0 Å². The normalized spacial score (nSPS) is 21.2. The van der Waals surface area contributed by atoms with Crippen molar-refractivity contribution in [3.63, 3.8) is 0 Å². The molecule has 3 aromatic carbocycles. The van der Waals surface area contributed by atoms with Crippen LogP contribution in [0.25, 0.3) is 21.2 Å². The van der Waals surface area contributed by atoms with Crippen LogP contribution in [0.2, 0.25) is 0 Å². The largest absolute Gasteiger partial charge is 0.490 e. The van der Waals surface area contributed by atoms with Crippen LogP contribution in [-0.2, 0) is 21.6 Å². The van der Waals surface area contributed by atoms with Gasteiger partial charge in [0.15, 0.2) is 0 Å². The molecule has 1 aliphatic carbocycles. The number of aliphatic carboxylic acids is 1. The van der Waals surface area contributed by atoms with E-state index >= 15 is 0 Å². The molecule has 208 valence electrons. The zero-order chi connectivity index (χ0) is 27.7. The van der Waals surface area contributed by atoms with E-state index in [0.717, 1.165) is 48.7 Å². The molecule has 0 spiro atoms. The first kappa shape index (κ1) is 26.8. The lowest BCUT2D eigenvalue weighted by molar-refractivity contribution is -0.140. The summed E-state index contributed by atoms with van der Waals surface area (Å²) in [5.74, 6) is 0.802. The van der Waals surface area contributed by atoms with Crippen molar-refractivity contribution >= 4 is 27.4 Å². The van der Waals surface area contributed by atoms with E-state index in [1.54, 1.807) is 11.3 Å². The first-order chi connectivity index (χ1) is 19.4. The second-order valence-corrected chi connectivity index (χ2v) is 12.0. The topological polar surface area (TPSA) is 85.2 Å². The fraction of sp³-hybridized carbons (Fsp3) is 0.364. The molecule has 2 heterocycles. The van der Waals surface area contributed by atoms with Crippen molar-refractivity contribution in [3.8, 4) is 22.6 Å². The van der Waals surface area contributed by atoms with Gasteiger partial charge >= 0.3 is 5.97 Å². The molecule has 7 heteroatoms. The third-order valence-electron chi connectivity index (χ3n) is 8.21. The Morgan fingerprint density at radius 2 is 1.75 bits per heavy atom. The Morgan fingerprint density at radius 1 is 1.00 bits per heavy atom. The third kappa shape index (κ3) is 5.59. The maximum atomic E-state index is 11.4. The van der Waals surface area contributed by atoms with E-state index in [4.69, 9.17) is 14.2 Å². The van der Waals surface area contributed by atoms with Gasteiger partial charge in [0.1, 0.15) is 24.2 Å². The van der Waals surface area contributed by atoms with Gasteiger partial charge in [-0.05, 0) is 83.8 Å². The second-order valence-electron chi connectivity index (χ2n) is 11.1. The highest BCUT2D eigenvalue weighted by atomic mass is 32.1. The minimum atomic E-state index is -0.843. The van der Waals surface area contributed by atoms with Crippen molar-refractivity contribution < 1.29 is 29.2 Å². The highest BCUT2D eigenvalue weighted by Gasteiger charge is 2.46. The number of aliphatic hydroxyl groups excluding tert-OH is 1. The average Bonchev–Trinajstić information content (AvgIpc) is 3.34. The molecule has 40 heavy (non-hydrogen) atoms.